The zero-order valence-electron chi connectivity index (χ0n) is 9.51. The molecule has 0 amide bonds. The Morgan fingerprint density at radius 3 is 2.76 bits per heavy atom. The third-order valence-electron chi connectivity index (χ3n) is 2.46. The lowest BCUT2D eigenvalue weighted by molar-refractivity contribution is 0.530. The third kappa shape index (κ3) is 4.28. The minimum atomic E-state index is 0.907. The van der Waals surface area contributed by atoms with Crippen LogP contribution in [0.1, 0.15) is 12.0 Å². The predicted octanol–water partition coefficient (Wildman–Crippen LogP) is 2.22. The molecule has 0 aliphatic rings. The molecule has 90 valence electrons. The van der Waals surface area contributed by atoms with Gasteiger partial charge in [0.05, 0.1) is 6.20 Å². The van der Waals surface area contributed by atoms with Crippen LogP contribution in [0.15, 0.2) is 41.1 Å². The quantitative estimate of drug-likeness (QED) is 0.831. The van der Waals surface area contributed by atoms with Crippen LogP contribution in [0.3, 0.4) is 0 Å². The highest BCUT2D eigenvalue weighted by Crippen LogP contribution is 2.10. The van der Waals surface area contributed by atoms with Gasteiger partial charge in [0.25, 0.3) is 0 Å². The smallest absolute Gasteiger partial charge is 0.0692 e. The number of aryl methyl sites for hydroxylation is 1. The highest BCUT2D eigenvalue weighted by molar-refractivity contribution is 9.10. The number of rotatable bonds is 6. The molecule has 0 atom stereocenters. The number of nitrogens with zero attached hydrogens (tertiary/aromatic N) is 3. The Balaban J connectivity index is 1.61. The number of halogens is 1. The van der Waals surface area contributed by atoms with Crippen LogP contribution in [0.4, 0.5) is 0 Å². The number of aromatic nitrogens is 3. The van der Waals surface area contributed by atoms with Crippen LogP contribution in [0, 0.1) is 0 Å². The summed E-state index contributed by atoms with van der Waals surface area (Å²) in [5, 5.41) is 11.1. The lowest BCUT2D eigenvalue weighted by Gasteiger charge is -2.05. The molecule has 0 radical (unpaired) electrons. The molecule has 17 heavy (non-hydrogen) atoms. The van der Waals surface area contributed by atoms with Crippen molar-refractivity contribution in [1.29, 1.82) is 0 Å². The molecule has 4 nitrogen and oxygen atoms in total. The summed E-state index contributed by atoms with van der Waals surface area (Å²) in [5.74, 6) is 0. The monoisotopic (exact) mass is 294 g/mol. The molecule has 0 spiro atoms. The maximum Gasteiger partial charge on any atom is 0.0692 e. The van der Waals surface area contributed by atoms with E-state index in [0.717, 1.165) is 30.5 Å². The zero-order chi connectivity index (χ0) is 11.9. The average molecular weight is 295 g/mol. The fourth-order valence-electron chi connectivity index (χ4n) is 1.55. The first-order chi connectivity index (χ1) is 8.34. The van der Waals surface area contributed by atoms with Gasteiger partial charge in [0.2, 0.25) is 0 Å². The normalized spacial score (nSPS) is 10.6. The van der Waals surface area contributed by atoms with Crippen molar-refractivity contribution in [3.05, 3.63) is 46.7 Å². The first kappa shape index (κ1) is 12.3. The van der Waals surface area contributed by atoms with Gasteiger partial charge in [-0.25, -0.2) is 0 Å². The van der Waals surface area contributed by atoms with Gasteiger partial charge in [0.1, 0.15) is 0 Å². The van der Waals surface area contributed by atoms with E-state index in [1.807, 2.05) is 10.9 Å². The molecular weight excluding hydrogens is 280 g/mol. The van der Waals surface area contributed by atoms with Gasteiger partial charge >= 0.3 is 0 Å². The second-order valence-corrected chi connectivity index (χ2v) is 4.74. The van der Waals surface area contributed by atoms with Crippen molar-refractivity contribution in [3.8, 4) is 0 Å². The van der Waals surface area contributed by atoms with Gasteiger partial charge in [-0.1, -0.05) is 33.3 Å². The highest BCUT2D eigenvalue weighted by Gasteiger charge is 1.94. The molecule has 1 aromatic heterocycles. The van der Waals surface area contributed by atoms with Crippen molar-refractivity contribution in [3.63, 3.8) is 0 Å². The van der Waals surface area contributed by atoms with Crippen LogP contribution < -0.4 is 5.32 Å². The van der Waals surface area contributed by atoms with Crippen LogP contribution >= 0.6 is 15.9 Å². The van der Waals surface area contributed by atoms with E-state index in [1.54, 1.807) is 6.20 Å². The molecule has 1 heterocycles. The van der Waals surface area contributed by atoms with E-state index in [4.69, 9.17) is 0 Å². The maximum atomic E-state index is 3.92. The molecule has 5 heteroatoms. The van der Waals surface area contributed by atoms with E-state index in [9.17, 15) is 0 Å². The Kier molecular flexibility index (Phi) is 4.70. The van der Waals surface area contributed by atoms with E-state index in [2.05, 4.69) is 55.8 Å². The Labute approximate surface area is 109 Å². The van der Waals surface area contributed by atoms with Gasteiger partial charge < -0.3 is 5.32 Å². The minimum Gasteiger partial charge on any atom is -0.313 e. The van der Waals surface area contributed by atoms with Crippen molar-refractivity contribution in [2.45, 2.75) is 19.5 Å². The van der Waals surface area contributed by atoms with Crippen molar-refractivity contribution in [2.24, 2.45) is 0 Å². The molecule has 1 aromatic carbocycles. The molecule has 0 unspecified atom stereocenters. The number of hydrogen-bond acceptors (Lipinski definition) is 3. The SMILES string of the molecule is Brc1ccc(CNCCCn2ccnn2)cc1. The first-order valence-corrected chi connectivity index (χ1v) is 6.43. The molecule has 2 rings (SSSR count). The summed E-state index contributed by atoms with van der Waals surface area (Å²) in [6.45, 7) is 2.80. The van der Waals surface area contributed by atoms with Gasteiger partial charge in [0.15, 0.2) is 0 Å². The van der Waals surface area contributed by atoms with E-state index in [-0.39, 0.29) is 0 Å². The Morgan fingerprint density at radius 2 is 2.06 bits per heavy atom. The molecule has 1 N–H and O–H groups in total. The van der Waals surface area contributed by atoms with Gasteiger partial charge in [0, 0.05) is 23.8 Å². The van der Waals surface area contributed by atoms with E-state index in [1.165, 1.54) is 5.56 Å². The van der Waals surface area contributed by atoms with Crippen molar-refractivity contribution >= 4 is 15.9 Å². The van der Waals surface area contributed by atoms with Crippen molar-refractivity contribution < 1.29 is 0 Å². The topological polar surface area (TPSA) is 42.7 Å². The standard InChI is InChI=1S/C12H15BrN4/c13-12-4-2-11(3-5-12)10-14-6-1-8-17-9-7-15-16-17/h2-5,7,9,14H,1,6,8,10H2. The minimum absolute atomic E-state index is 0.907. The van der Waals surface area contributed by atoms with Gasteiger partial charge in [-0.2, -0.15) is 0 Å². The zero-order valence-corrected chi connectivity index (χ0v) is 11.1. The van der Waals surface area contributed by atoms with E-state index in [0.29, 0.717) is 0 Å². The first-order valence-electron chi connectivity index (χ1n) is 5.64. The summed E-state index contributed by atoms with van der Waals surface area (Å²) in [7, 11) is 0. The Hall–Kier alpha value is -1.20. The van der Waals surface area contributed by atoms with E-state index < -0.39 is 0 Å². The summed E-state index contributed by atoms with van der Waals surface area (Å²) in [6.07, 6.45) is 4.64. The lowest BCUT2D eigenvalue weighted by atomic mass is 10.2. The molecule has 0 aliphatic carbocycles. The van der Waals surface area contributed by atoms with Crippen molar-refractivity contribution in [1.82, 2.24) is 20.3 Å². The van der Waals surface area contributed by atoms with Crippen molar-refractivity contribution in [2.75, 3.05) is 6.54 Å². The van der Waals surface area contributed by atoms with Gasteiger partial charge in [-0.15, -0.1) is 5.10 Å². The lowest BCUT2D eigenvalue weighted by Crippen LogP contribution is -2.16. The fourth-order valence-corrected chi connectivity index (χ4v) is 1.82. The highest BCUT2D eigenvalue weighted by atomic mass is 79.9. The summed E-state index contributed by atoms with van der Waals surface area (Å²) in [4.78, 5) is 0. The molecule has 0 bridgehead atoms. The molecular formula is C12H15BrN4. The average Bonchev–Trinajstić information content (AvgIpc) is 2.84. The summed E-state index contributed by atoms with van der Waals surface area (Å²) >= 11 is 3.42. The van der Waals surface area contributed by atoms with Crippen LogP contribution in [0.25, 0.3) is 0 Å². The molecule has 0 fully saturated rings. The number of nitrogens with one attached hydrogen (secondary N) is 1. The molecule has 2 aromatic rings. The summed E-state index contributed by atoms with van der Waals surface area (Å²) < 4.78 is 2.97. The van der Waals surface area contributed by atoms with E-state index >= 15 is 0 Å². The second-order valence-electron chi connectivity index (χ2n) is 3.82. The predicted molar refractivity (Wildman–Crippen MR) is 70.5 cm³/mol. The van der Waals surface area contributed by atoms with Crippen LogP contribution in [-0.4, -0.2) is 21.5 Å². The second kappa shape index (κ2) is 6.51. The third-order valence-corrected chi connectivity index (χ3v) is 2.98. The largest absolute Gasteiger partial charge is 0.313 e. The van der Waals surface area contributed by atoms with Crippen LogP contribution in [0.2, 0.25) is 0 Å². The molecule has 0 saturated carbocycles. The maximum absolute atomic E-state index is 3.92. The fraction of sp³-hybridized carbons (Fsp3) is 0.333. The Bertz CT molecular complexity index is 424. The van der Waals surface area contributed by atoms with Gasteiger partial charge in [-0.3, -0.25) is 4.68 Å². The summed E-state index contributed by atoms with van der Waals surface area (Å²) in [5.41, 5.74) is 1.30. The Morgan fingerprint density at radius 1 is 1.24 bits per heavy atom. The molecule has 0 aliphatic heterocycles. The molecule has 0 saturated heterocycles. The van der Waals surface area contributed by atoms with Crippen LogP contribution in [-0.2, 0) is 13.1 Å². The summed E-state index contributed by atoms with van der Waals surface area (Å²) in [6, 6.07) is 8.36. The number of benzene rings is 1. The van der Waals surface area contributed by atoms with Crippen LogP contribution in [0.5, 0.6) is 0 Å². The van der Waals surface area contributed by atoms with Gasteiger partial charge in [-0.05, 0) is 30.7 Å². The number of hydrogen-bond donors (Lipinski definition) is 1.